The molecular formula is C12H12N2. The molecule has 0 bridgehead atoms. The number of para-hydroxylation sites is 1. The monoisotopic (exact) mass is 184 g/mol. The van der Waals surface area contributed by atoms with Crippen LogP contribution in [-0.4, -0.2) is 10.8 Å². The molecule has 3 rings (SSSR count). The largest absolute Gasteiger partial charge is 0.329 e. The summed E-state index contributed by atoms with van der Waals surface area (Å²) in [6.45, 7) is 0. The molecule has 0 amide bonds. The van der Waals surface area contributed by atoms with Crippen LogP contribution < -0.4 is 0 Å². The number of rotatable bonds is 0. The Morgan fingerprint density at radius 3 is 3.07 bits per heavy atom. The number of aliphatic imine (C=N–C) groups is 1. The molecular weight excluding hydrogens is 172 g/mol. The average Bonchev–Trinajstić information content (AvgIpc) is 2.55. The summed E-state index contributed by atoms with van der Waals surface area (Å²) in [5.41, 5.74) is 2.70. The van der Waals surface area contributed by atoms with Crippen molar-refractivity contribution >= 4 is 22.9 Å². The zero-order chi connectivity index (χ0) is 9.54. The number of hydrogen-bond acceptors (Lipinski definition) is 1. The number of aromatic nitrogens is 1. The Bertz CT molecular complexity index is 520. The average molecular weight is 184 g/mol. The summed E-state index contributed by atoms with van der Waals surface area (Å²) in [5.74, 6) is 1.14. The number of aryl methyl sites for hydroxylation is 2. The fourth-order valence-electron chi connectivity index (χ4n) is 2.23. The Morgan fingerprint density at radius 2 is 2.14 bits per heavy atom. The molecule has 0 unspecified atom stereocenters. The van der Waals surface area contributed by atoms with Crippen molar-refractivity contribution in [3.63, 3.8) is 0 Å². The molecule has 2 heterocycles. The van der Waals surface area contributed by atoms with Gasteiger partial charge in [0.05, 0.1) is 0 Å². The predicted molar refractivity (Wildman–Crippen MR) is 59.4 cm³/mol. The van der Waals surface area contributed by atoms with Crippen molar-refractivity contribution in [2.24, 2.45) is 12.0 Å². The van der Waals surface area contributed by atoms with Gasteiger partial charge in [0.1, 0.15) is 5.82 Å². The molecule has 0 atom stereocenters. The van der Waals surface area contributed by atoms with Gasteiger partial charge in [0.25, 0.3) is 0 Å². The molecule has 0 fully saturated rings. The highest BCUT2D eigenvalue weighted by Crippen LogP contribution is 2.33. The van der Waals surface area contributed by atoms with Gasteiger partial charge in [0.15, 0.2) is 0 Å². The molecule has 0 spiro atoms. The molecule has 14 heavy (non-hydrogen) atoms. The van der Waals surface area contributed by atoms with E-state index in [2.05, 4.69) is 40.9 Å². The summed E-state index contributed by atoms with van der Waals surface area (Å²) in [7, 11) is 2.09. The maximum atomic E-state index is 4.47. The molecule has 2 nitrogen and oxygen atoms in total. The SMILES string of the molecule is Cn1c2c(c3ccccc31)CCC=N2. The van der Waals surface area contributed by atoms with E-state index in [-0.39, 0.29) is 0 Å². The Hall–Kier alpha value is -1.57. The molecule has 70 valence electrons. The summed E-state index contributed by atoms with van der Waals surface area (Å²) in [6.07, 6.45) is 4.21. The number of nitrogens with zero attached hydrogens (tertiary/aromatic N) is 2. The van der Waals surface area contributed by atoms with Crippen LogP contribution in [0.15, 0.2) is 29.3 Å². The maximum absolute atomic E-state index is 4.47. The fraction of sp³-hybridized carbons (Fsp3) is 0.250. The van der Waals surface area contributed by atoms with Gasteiger partial charge in [-0.05, 0) is 18.9 Å². The highest BCUT2D eigenvalue weighted by Gasteiger charge is 2.15. The lowest BCUT2D eigenvalue weighted by Gasteiger charge is -2.05. The van der Waals surface area contributed by atoms with Crippen molar-refractivity contribution in [1.29, 1.82) is 0 Å². The fourth-order valence-corrected chi connectivity index (χ4v) is 2.23. The predicted octanol–water partition coefficient (Wildman–Crippen LogP) is 2.83. The zero-order valence-electron chi connectivity index (χ0n) is 8.20. The number of fused-ring (bicyclic) bond motifs is 3. The molecule has 1 aliphatic heterocycles. The van der Waals surface area contributed by atoms with Gasteiger partial charge in [0.2, 0.25) is 0 Å². The minimum atomic E-state index is 1.07. The molecule has 0 N–H and O–H groups in total. The Kier molecular flexibility index (Phi) is 1.51. The summed E-state index contributed by atoms with van der Waals surface area (Å²) in [4.78, 5) is 4.47. The van der Waals surface area contributed by atoms with Gasteiger partial charge in [-0.2, -0.15) is 0 Å². The minimum absolute atomic E-state index is 1.07. The standard InChI is InChI=1S/C12H12N2/c1-14-11-7-3-2-5-9(11)10-6-4-8-13-12(10)14/h2-3,5,7-8H,4,6H2,1H3. The zero-order valence-corrected chi connectivity index (χ0v) is 8.20. The van der Waals surface area contributed by atoms with E-state index in [1.54, 1.807) is 0 Å². The Labute approximate surface area is 82.9 Å². The molecule has 1 aliphatic rings. The van der Waals surface area contributed by atoms with Crippen molar-refractivity contribution < 1.29 is 0 Å². The smallest absolute Gasteiger partial charge is 0.136 e. The molecule has 0 saturated heterocycles. The maximum Gasteiger partial charge on any atom is 0.136 e. The lowest BCUT2D eigenvalue weighted by atomic mass is 10.1. The first kappa shape index (κ1) is 7.80. The second-order valence-corrected chi connectivity index (χ2v) is 3.73. The van der Waals surface area contributed by atoms with E-state index in [1.165, 1.54) is 16.5 Å². The summed E-state index contributed by atoms with van der Waals surface area (Å²) < 4.78 is 2.18. The third-order valence-corrected chi connectivity index (χ3v) is 2.92. The topological polar surface area (TPSA) is 17.3 Å². The molecule has 2 heteroatoms. The summed E-state index contributed by atoms with van der Waals surface area (Å²) >= 11 is 0. The van der Waals surface area contributed by atoms with Crippen LogP contribution in [0.3, 0.4) is 0 Å². The minimum Gasteiger partial charge on any atom is -0.329 e. The first-order valence-electron chi connectivity index (χ1n) is 4.97. The summed E-state index contributed by atoms with van der Waals surface area (Å²) in [5, 5.41) is 1.36. The summed E-state index contributed by atoms with van der Waals surface area (Å²) in [6, 6.07) is 8.52. The van der Waals surface area contributed by atoms with Crippen LogP contribution in [0.2, 0.25) is 0 Å². The van der Waals surface area contributed by atoms with Crippen LogP contribution in [0.25, 0.3) is 10.9 Å². The lowest BCUT2D eigenvalue weighted by Crippen LogP contribution is -1.94. The molecule has 1 aromatic carbocycles. The first-order valence-corrected chi connectivity index (χ1v) is 4.97. The van der Waals surface area contributed by atoms with Crippen LogP contribution >= 0.6 is 0 Å². The van der Waals surface area contributed by atoms with Crippen LogP contribution in [0.1, 0.15) is 12.0 Å². The van der Waals surface area contributed by atoms with Gasteiger partial charge in [-0.1, -0.05) is 18.2 Å². The second-order valence-electron chi connectivity index (χ2n) is 3.73. The van der Waals surface area contributed by atoms with Crippen LogP contribution in [-0.2, 0) is 13.5 Å². The van der Waals surface area contributed by atoms with Crippen molar-refractivity contribution in [1.82, 2.24) is 4.57 Å². The van der Waals surface area contributed by atoms with E-state index in [4.69, 9.17) is 0 Å². The molecule has 0 radical (unpaired) electrons. The second kappa shape index (κ2) is 2.71. The highest BCUT2D eigenvalue weighted by atomic mass is 15.1. The normalized spacial score (nSPS) is 14.6. The van der Waals surface area contributed by atoms with Gasteiger partial charge in [-0.3, -0.25) is 0 Å². The number of hydrogen-bond donors (Lipinski definition) is 0. The van der Waals surface area contributed by atoms with E-state index in [1.807, 2.05) is 6.21 Å². The third kappa shape index (κ3) is 0.882. The van der Waals surface area contributed by atoms with Gasteiger partial charge in [0, 0.05) is 29.7 Å². The van der Waals surface area contributed by atoms with E-state index in [0.29, 0.717) is 0 Å². The molecule has 0 aliphatic carbocycles. The van der Waals surface area contributed by atoms with Crippen molar-refractivity contribution in [3.8, 4) is 0 Å². The third-order valence-electron chi connectivity index (χ3n) is 2.92. The van der Waals surface area contributed by atoms with E-state index in [9.17, 15) is 0 Å². The molecule has 1 aromatic heterocycles. The first-order chi connectivity index (χ1) is 6.88. The quantitative estimate of drug-likeness (QED) is 0.599. The van der Waals surface area contributed by atoms with Crippen molar-refractivity contribution in [2.75, 3.05) is 0 Å². The highest BCUT2D eigenvalue weighted by molar-refractivity contribution is 5.91. The lowest BCUT2D eigenvalue weighted by molar-refractivity contribution is 0.928. The number of benzene rings is 1. The van der Waals surface area contributed by atoms with Crippen LogP contribution in [0.5, 0.6) is 0 Å². The van der Waals surface area contributed by atoms with Gasteiger partial charge >= 0.3 is 0 Å². The Morgan fingerprint density at radius 1 is 1.29 bits per heavy atom. The molecule has 0 saturated carbocycles. The van der Waals surface area contributed by atoms with Gasteiger partial charge in [-0.15, -0.1) is 0 Å². The Balaban J connectivity index is 2.48. The van der Waals surface area contributed by atoms with E-state index < -0.39 is 0 Å². The van der Waals surface area contributed by atoms with Crippen molar-refractivity contribution in [2.45, 2.75) is 12.8 Å². The van der Waals surface area contributed by atoms with Crippen LogP contribution in [0.4, 0.5) is 5.82 Å². The van der Waals surface area contributed by atoms with Crippen molar-refractivity contribution in [3.05, 3.63) is 29.8 Å². The van der Waals surface area contributed by atoms with E-state index in [0.717, 1.165) is 18.7 Å². The van der Waals surface area contributed by atoms with Gasteiger partial charge < -0.3 is 4.57 Å². The van der Waals surface area contributed by atoms with Gasteiger partial charge in [-0.25, -0.2) is 4.99 Å². The van der Waals surface area contributed by atoms with Crippen LogP contribution in [0, 0.1) is 0 Å². The molecule has 2 aromatic rings. The van der Waals surface area contributed by atoms with E-state index >= 15 is 0 Å².